The van der Waals surface area contributed by atoms with E-state index in [4.69, 9.17) is 25.8 Å². The lowest BCUT2D eigenvalue weighted by atomic mass is 10.1. The Bertz CT molecular complexity index is 917. The van der Waals surface area contributed by atoms with Crippen LogP contribution in [0.5, 0.6) is 17.2 Å². The zero-order valence-electron chi connectivity index (χ0n) is 19.3. The predicted octanol–water partition coefficient (Wildman–Crippen LogP) is 5.27. The smallest absolute Gasteiger partial charge is 0.255 e. The molecule has 2 amide bonds. The van der Waals surface area contributed by atoms with Gasteiger partial charge in [-0.2, -0.15) is 0 Å². The number of anilines is 1. The largest absolute Gasteiger partial charge is 0.490 e. The molecule has 0 atom stereocenters. The number of hydrogen-bond donors (Lipinski definition) is 1. The van der Waals surface area contributed by atoms with Crippen LogP contribution in [0.2, 0.25) is 5.02 Å². The maximum atomic E-state index is 12.9. The maximum Gasteiger partial charge on any atom is 0.255 e. The van der Waals surface area contributed by atoms with E-state index in [1.54, 1.807) is 35.2 Å². The van der Waals surface area contributed by atoms with E-state index < -0.39 is 0 Å². The molecule has 1 N–H and O–H groups in total. The van der Waals surface area contributed by atoms with Crippen LogP contribution in [0.1, 0.15) is 55.3 Å². The number of nitrogens with one attached hydrogen (secondary N) is 1. The van der Waals surface area contributed by atoms with Crippen LogP contribution in [-0.4, -0.2) is 49.6 Å². The normalized spacial score (nSPS) is 10.4. The van der Waals surface area contributed by atoms with E-state index >= 15 is 0 Å². The fourth-order valence-corrected chi connectivity index (χ4v) is 3.43. The molecule has 0 aliphatic heterocycles. The Balaban J connectivity index is 2.32. The van der Waals surface area contributed by atoms with E-state index in [2.05, 4.69) is 5.32 Å². The monoisotopic (exact) mass is 462 g/mol. The van der Waals surface area contributed by atoms with Crippen molar-refractivity contribution in [1.82, 2.24) is 4.90 Å². The summed E-state index contributed by atoms with van der Waals surface area (Å²) in [6.07, 6.45) is 0. The highest BCUT2D eigenvalue weighted by Crippen LogP contribution is 2.39. The molecule has 0 heterocycles. The summed E-state index contributed by atoms with van der Waals surface area (Å²) >= 11 is 6.34. The first kappa shape index (κ1) is 25.3. The second kappa shape index (κ2) is 12.2. The van der Waals surface area contributed by atoms with Gasteiger partial charge in [-0.15, -0.1) is 0 Å². The summed E-state index contributed by atoms with van der Waals surface area (Å²) < 4.78 is 17.0. The molecule has 32 heavy (non-hydrogen) atoms. The number of nitrogens with zero attached hydrogens (tertiary/aromatic N) is 1. The molecule has 2 aromatic rings. The van der Waals surface area contributed by atoms with Crippen molar-refractivity contribution in [3.8, 4) is 17.2 Å². The summed E-state index contributed by atoms with van der Waals surface area (Å²) in [6, 6.07) is 8.08. The lowest BCUT2D eigenvalue weighted by Gasteiger charge is -2.19. The molecule has 0 saturated carbocycles. The third kappa shape index (κ3) is 6.07. The molecule has 0 aliphatic rings. The van der Waals surface area contributed by atoms with Crippen molar-refractivity contribution in [3.63, 3.8) is 0 Å². The Hall–Kier alpha value is -2.93. The lowest BCUT2D eigenvalue weighted by molar-refractivity contribution is 0.0773. The first-order chi connectivity index (χ1) is 15.4. The standard InChI is InChI=1S/C24H31ClN2O5/c1-6-27(7-2)24(29)18-12-11-17(15-19(18)25)26-23(28)16-13-20(30-8-3)22(32-10-5)21(14-16)31-9-4/h11-15H,6-10H2,1-5H3,(H,26,28). The second-order valence-corrected chi connectivity index (χ2v) is 7.13. The van der Waals surface area contributed by atoms with Crippen LogP contribution < -0.4 is 19.5 Å². The SMILES string of the molecule is CCOc1cc(C(=O)Nc2ccc(C(=O)N(CC)CC)c(Cl)c2)cc(OCC)c1OCC. The van der Waals surface area contributed by atoms with Gasteiger partial charge < -0.3 is 24.4 Å². The van der Waals surface area contributed by atoms with Gasteiger partial charge in [0.2, 0.25) is 5.75 Å². The molecule has 2 aromatic carbocycles. The number of hydrogen-bond acceptors (Lipinski definition) is 5. The van der Waals surface area contributed by atoms with Gasteiger partial charge in [0.25, 0.3) is 11.8 Å². The maximum absolute atomic E-state index is 12.9. The van der Waals surface area contributed by atoms with Crippen LogP contribution in [0.3, 0.4) is 0 Å². The Morgan fingerprint density at radius 2 is 1.44 bits per heavy atom. The molecular formula is C24H31ClN2O5. The van der Waals surface area contributed by atoms with Crippen molar-refractivity contribution in [1.29, 1.82) is 0 Å². The average Bonchev–Trinajstić information content (AvgIpc) is 2.77. The van der Waals surface area contributed by atoms with Crippen molar-refractivity contribution in [2.45, 2.75) is 34.6 Å². The minimum absolute atomic E-state index is 0.146. The van der Waals surface area contributed by atoms with E-state index in [1.807, 2.05) is 34.6 Å². The van der Waals surface area contributed by atoms with Gasteiger partial charge >= 0.3 is 0 Å². The molecule has 174 valence electrons. The van der Waals surface area contributed by atoms with Crippen LogP contribution >= 0.6 is 11.6 Å². The number of rotatable bonds is 11. The molecule has 0 unspecified atom stereocenters. The van der Waals surface area contributed by atoms with Crippen molar-refractivity contribution in [2.75, 3.05) is 38.2 Å². The molecule has 0 radical (unpaired) electrons. The van der Waals surface area contributed by atoms with Gasteiger partial charge in [-0.05, 0) is 65.0 Å². The fourth-order valence-electron chi connectivity index (χ4n) is 3.17. The third-order valence-corrected chi connectivity index (χ3v) is 4.99. The van der Waals surface area contributed by atoms with Crippen molar-refractivity contribution in [2.24, 2.45) is 0 Å². The minimum atomic E-state index is -0.367. The highest BCUT2D eigenvalue weighted by molar-refractivity contribution is 6.34. The van der Waals surface area contributed by atoms with Crippen LogP contribution in [0.25, 0.3) is 0 Å². The zero-order chi connectivity index (χ0) is 23.7. The Morgan fingerprint density at radius 3 is 1.91 bits per heavy atom. The van der Waals surface area contributed by atoms with Crippen LogP contribution in [-0.2, 0) is 0 Å². The fraction of sp³-hybridized carbons (Fsp3) is 0.417. The van der Waals surface area contributed by atoms with Crippen LogP contribution in [0.4, 0.5) is 5.69 Å². The van der Waals surface area contributed by atoms with E-state index in [0.29, 0.717) is 67.0 Å². The topological polar surface area (TPSA) is 77.1 Å². The Morgan fingerprint density at radius 1 is 0.875 bits per heavy atom. The lowest BCUT2D eigenvalue weighted by Crippen LogP contribution is -2.30. The average molecular weight is 463 g/mol. The first-order valence-electron chi connectivity index (χ1n) is 10.9. The van der Waals surface area contributed by atoms with Gasteiger partial charge in [0.05, 0.1) is 30.4 Å². The van der Waals surface area contributed by atoms with E-state index in [-0.39, 0.29) is 16.8 Å². The van der Waals surface area contributed by atoms with Crippen molar-refractivity contribution >= 4 is 29.1 Å². The molecule has 2 rings (SSSR count). The summed E-state index contributed by atoms with van der Waals surface area (Å²) in [5.41, 5.74) is 1.22. The molecular weight excluding hydrogens is 432 g/mol. The number of ether oxygens (including phenoxy) is 3. The molecule has 7 nitrogen and oxygen atoms in total. The summed E-state index contributed by atoms with van der Waals surface area (Å²) in [5, 5.41) is 3.09. The van der Waals surface area contributed by atoms with Crippen LogP contribution in [0, 0.1) is 0 Å². The van der Waals surface area contributed by atoms with E-state index in [0.717, 1.165) is 0 Å². The van der Waals surface area contributed by atoms with Crippen molar-refractivity contribution in [3.05, 3.63) is 46.5 Å². The summed E-state index contributed by atoms with van der Waals surface area (Å²) in [5.74, 6) is 0.823. The number of amides is 2. The molecule has 0 fully saturated rings. The quantitative estimate of drug-likeness (QED) is 0.492. The van der Waals surface area contributed by atoms with E-state index in [1.165, 1.54) is 0 Å². The third-order valence-electron chi connectivity index (χ3n) is 4.68. The van der Waals surface area contributed by atoms with Gasteiger partial charge in [-0.1, -0.05) is 11.6 Å². The highest BCUT2D eigenvalue weighted by Gasteiger charge is 2.20. The second-order valence-electron chi connectivity index (χ2n) is 6.73. The molecule has 0 saturated heterocycles. The van der Waals surface area contributed by atoms with Crippen molar-refractivity contribution < 1.29 is 23.8 Å². The molecule has 0 aliphatic carbocycles. The Labute approximate surface area is 194 Å². The summed E-state index contributed by atoms with van der Waals surface area (Å²) in [7, 11) is 0. The number of carbonyl (C=O) groups is 2. The van der Waals surface area contributed by atoms with Gasteiger partial charge in [-0.3, -0.25) is 9.59 Å². The zero-order valence-corrected chi connectivity index (χ0v) is 20.0. The number of halogens is 1. The van der Waals surface area contributed by atoms with Gasteiger partial charge in [0.1, 0.15) is 0 Å². The number of benzene rings is 2. The molecule has 8 heteroatoms. The molecule has 0 bridgehead atoms. The van der Waals surface area contributed by atoms with Gasteiger partial charge in [0, 0.05) is 24.3 Å². The number of carbonyl (C=O) groups excluding carboxylic acids is 2. The minimum Gasteiger partial charge on any atom is -0.490 e. The van der Waals surface area contributed by atoms with Crippen LogP contribution in [0.15, 0.2) is 30.3 Å². The first-order valence-corrected chi connectivity index (χ1v) is 11.2. The molecule has 0 aromatic heterocycles. The Kier molecular flexibility index (Phi) is 9.65. The highest BCUT2D eigenvalue weighted by atomic mass is 35.5. The summed E-state index contributed by atoms with van der Waals surface area (Å²) in [4.78, 5) is 27.2. The molecule has 0 spiro atoms. The van der Waals surface area contributed by atoms with Gasteiger partial charge in [0.15, 0.2) is 11.5 Å². The summed E-state index contributed by atoms with van der Waals surface area (Å²) in [6.45, 7) is 11.8. The predicted molar refractivity (Wildman–Crippen MR) is 127 cm³/mol. The van der Waals surface area contributed by atoms with Gasteiger partial charge in [-0.25, -0.2) is 0 Å². The van der Waals surface area contributed by atoms with E-state index in [9.17, 15) is 9.59 Å².